The van der Waals surface area contributed by atoms with Gasteiger partial charge in [-0.2, -0.15) is 0 Å². The van der Waals surface area contributed by atoms with E-state index in [9.17, 15) is 18.4 Å². The molecule has 3 rings (SSSR count). The Kier molecular flexibility index (Phi) is 4.50. The number of nitrogens with one attached hydrogen (secondary N) is 1. The summed E-state index contributed by atoms with van der Waals surface area (Å²) in [7, 11) is 0. The van der Waals surface area contributed by atoms with Crippen molar-refractivity contribution in [3.05, 3.63) is 21.4 Å². The average Bonchev–Trinajstić information content (AvgIpc) is 3.11. The van der Waals surface area contributed by atoms with Crippen molar-refractivity contribution in [2.75, 3.05) is 0 Å². The monoisotopic (exact) mass is 358 g/mol. The number of alkyl halides is 2. The molecule has 2 aliphatic rings. The number of carbonyl (C=O) groups excluding carboxylic acids is 2. The molecule has 0 spiro atoms. The molecule has 2 aliphatic carbocycles. The second-order valence-corrected chi connectivity index (χ2v) is 7.80. The third-order valence-corrected chi connectivity index (χ3v) is 5.70. The largest absolute Gasteiger partial charge is 0.446 e. The number of aryl methyl sites for hydroxylation is 1. The van der Waals surface area contributed by atoms with E-state index in [-0.39, 0.29) is 36.8 Å². The van der Waals surface area contributed by atoms with Gasteiger partial charge in [-0.25, -0.2) is 13.6 Å². The smallest absolute Gasteiger partial charge is 0.404 e. The van der Waals surface area contributed by atoms with Crippen LogP contribution in [0.3, 0.4) is 0 Å². The summed E-state index contributed by atoms with van der Waals surface area (Å²) in [4.78, 5) is 24.7. The fraction of sp³-hybridized carbons (Fsp3) is 0.625. The van der Waals surface area contributed by atoms with E-state index in [0.29, 0.717) is 24.1 Å². The van der Waals surface area contributed by atoms with Gasteiger partial charge in [0.25, 0.3) is 5.91 Å². The van der Waals surface area contributed by atoms with Crippen LogP contribution in [0, 0.1) is 6.92 Å². The molecule has 0 radical (unpaired) electrons. The van der Waals surface area contributed by atoms with Crippen molar-refractivity contribution in [3.63, 3.8) is 0 Å². The normalized spacial score (nSPS) is 26.0. The quantitative estimate of drug-likeness (QED) is 0.866. The van der Waals surface area contributed by atoms with Crippen LogP contribution < -0.4 is 11.1 Å². The number of nitrogens with two attached hydrogens (primary N) is 1. The van der Waals surface area contributed by atoms with Crippen molar-refractivity contribution in [2.45, 2.75) is 63.0 Å². The highest BCUT2D eigenvalue weighted by molar-refractivity contribution is 7.14. The molecule has 2 amide bonds. The minimum absolute atomic E-state index is 0.0867. The number of rotatable bonds is 4. The highest BCUT2D eigenvalue weighted by Crippen LogP contribution is 2.46. The number of primary amides is 1. The Morgan fingerprint density at radius 3 is 2.67 bits per heavy atom. The first-order valence-corrected chi connectivity index (χ1v) is 8.82. The van der Waals surface area contributed by atoms with Crippen LogP contribution in [0.2, 0.25) is 0 Å². The van der Waals surface area contributed by atoms with Crippen LogP contribution in [0.5, 0.6) is 0 Å². The summed E-state index contributed by atoms with van der Waals surface area (Å²) in [5.41, 5.74) is 6.00. The molecule has 24 heavy (non-hydrogen) atoms. The molecule has 0 bridgehead atoms. The Morgan fingerprint density at radius 1 is 1.38 bits per heavy atom. The van der Waals surface area contributed by atoms with Crippen molar-refractivity contribution in [2.24, 2.45) is 5.73 Å². The van der Waals surface area contributed by atoms with Crippen LogP contribution >= 0.6 is 11.3 Å². The van der Waals surface area contributed by atoms with Crippen LogP contribution in [-0.2, 0) is 4.74 Å². The zero-order valence-corrected chi connectivity index (χ0v) is 14.1. The standard InChI is InChI=1S/C16H20F2N2O3S/c1-8-10(11-6-12(11)23-15(19)22)7-13(24-8)14(21)20-9-2-4-16(17,18)5-3-9/h7,9,11-12H,2-6H2,1H3,(H2,19,22)(H,20,21). The van der Waals surface area contributed by atoms with E-state index in [1.54, 1.807) is 0 Å². The zero-order chi connectivity index (χ0) is 17.5. The molecule has 2 fully saturated rings. The van der Waals surface area contributed by atoms with Crippen molar-refractivity contribution in [1.29, 1.82) is 0 Å². The molecule has 132 valence electrons. The molecular formula is C16H20F2N2O3S. The lowest BCUT2D eigenvalue weighted by molar-refractivity contribution is -0.0399. The number of halogens is 2. The molecule has 0 aliphatic heterocycles. The van der Waals surface area contributed by atoms with Gasteiger partial charge in [0.1, 0.15) is 6.10 Å². The van der Waals surface area contributed by atoms with Gasteiger partial charge in [-0.15, -0.1) is 11.3 Å². The SMILES string of the molecule is Cc1sc(C(=O)NC2CCC(F)(F)CC2)cc1C1CC1OC(N)=O. The molecule has 0 aromatic carbocycles. The molecule has 2 atom stereocenters. The molecule has 3 N–H and O–H groups in total. The number of amides is 2. The van der Waals surface area contributed by atoms with Gasteiger partial charge < -0.3 is 15.8 Å². The van der Waals surface area contributed by atoms with Gasteiger partial charge in [0.2, 0.25) is 5.92 Å². The molecule has 1 aromatic rings. The van der Waals surface area contributed by atoms with Crippen LogP contribution in [0.1, 0.15) is 58.1 Å². The molecule has 1 heterocycles. The second-order valence-electron chi connectivity index (χ2n) is 6.54. The predicted molar refractivity (Wildman–Crippen MR) is 85.5 cm³/mol. The number of ether oxygens (including phenoxy) is 1. The first-order chi connectivity index (χ1) is 11.2. The van der Waals surface area contributed by atoms with E-state index in [1.165, 1.54) is 11.3 Å². The predicted octanol–water partition coefficient (Wildman–Crippen LogP) is 3.32. The van der Waals surface area contributed by atoms with E-state index in [0.717, 1.165) is 10.4 Å². The molecule has 1 aromatic heterocycles. The maximum Gasteiger partial charge on any atom is 0.404 e. The molecule has 0 saturated heterocycles. The summed E-state index contributed by atoms with van der Waals surface area (Å²) in [6.45, 7) is 1.91. The highest BCUT2D eigenvalue weighted by atomic mass is 32.1. The van der Waals surface area contributed by atoms with Gasteiger partial charge >= 0.3 is 6.09 Å². The number of hydrogen-bond donors (Lipinski definition) is 2. The van der Waals surface area contributed by atoms with E-state index in [2.05, 4.69) is 5.32 Å². The van der Waals surface area contributed by atoms with Crippen LogP contribution in [0.25, 0.3) is 0 Å². The summed E-state index contributed by atoms with van der Waals surface area (Å²) in [6, 6.07) is 1.61. The van der Waals surface area contributed by atoms with Crippen molar-refractivity contribution in [1.82, 2.24) is 5.32 Å². The average molecular weight is 358 g/mol. The first-order valence-electron chi connectivity index (χ1n) is 8.00. The summed E-state index contributed by atoms with van der Waals surface area (Å²) in [5.74, 6) is -2.74. The van der Waals surface area contributed by atoms with E-state index in [1.807, 2.05) is 13.0 Å². The molecule has 8 heteroatoms. The van der Waals surface area contributed by atoms with Gasteiger partial charge in [0, 0.05) is 29.7 Å². The van der Waals surface area contributed by atoms with Crippen molar-refractivity contribution in [3.8, 4) is 0 Å². The Labute approximate surface area is 142 Å². The highest BCUT2D eigenvalue weighted by Gasteiger charge is 2.43. The lowest BCUT2D eigenvalue weighted by Gasteiger charge is -2.28. The van der Waals surface area contributed by atoms with Gasteiger partial charge in [0.15, 0.2) is 0 Å². The third kappa shape index (κ3) is 3.85. The Balaban J connectivity index is 1.59. The first kappa shape index (κ1) is 17.1. The van der Waals surface area contributed by atoms with Crippen molar-refractivity contribution < 1.29 is 23.1 Å². The van der Waals surface area contributed by atoms with E-state index >= 15 is 0 Å². The lowest BCUT2D eigenvalue weighted by Crippen LogP contribution is -2.40. The Morgan fingerprint density at radius 2 is 2.04 bits per heavy atom. The summed E-state index contributed by atoms with van der Waals surface area (Å²) in [6.07, 6.45) is -0.0592. The maximum atomic E-state index is 13.2. The fourth-order valence-corrected chi connectivity index (χ4v) is 4.19. The fourth-order valence-electron chi connectivity index (χ4n) is 3.20. The summed E-state index contributed by atoms with van der Waals surface area (Å²) < 4.78 is 31.3. The Bertz CT molecular complexity index is 652. The number of carbonyl (C=O) groups is 2. The number of hydrogen-bond acceptors (Lipinski definition) is 4. The van der Waals surface area contributed by atoms with Gasteiger partial charge in [-0.1, -0.05) is 0 Å². The summed E-state index contributed by atoms with van der Waals surface area (Å²) in [5, 5.41) is 2.85. The number of thiophene rings is 1. The van der Waals surface area contributed by atoms with Crippen LogP contribution in [0.4, 0.5) is 13.6 Å². The minimum atomic E-state index is -2.60. The topological polar surface area (TPSA) is 81.4 Å². The summed E-state index contributed by atoms with van der Waals surface area (Å²) >= 11 is 1.37. The van der Waals surface area contributed by atoms with Crippen LogP contribution in [-0.4, -0.2) is 30.1 Å². The third-order valence-electron chi connectivity index (χ3n) is 4.63. The minimum Gasteiger partial charge on any atom is -0.446 e. The lowest BCUT2D eigenvalue weighted by atomic mass is 9.92. The molecular weight excluding hydrogens is 338 g/mol. The Hall–Kier alpha value is -1.70. The molecule has 2 saturated carbocycles. The molecule has 5 nitrogen and oxygen atoms in total. The van der Waals surface area contributed by atoms with Crippen LogP contribution in [0.15, 0.2) is 6.07 Å². The van der Waals surface area contributed by atoms with Gasteiger partial charge in [-0.3, -0.25) is 4.79 Å². The zero-order valence-electron chi connectivity index (χ0n) is 13.3. The molecule has 2 unspecified atom stereocenters. The van der Waals surface area contributed by atoms with Gasteiger partial charge in [-0.05, 0) is 37.8 Å². The van der Waals surface area contributed by atoms with Crippen molar-refractivity contribution >= 4 is 23.3 Å². The van der Waals surface area contributed by atoms with E-state index < -0.39 is 12.0 Å². The second kappa shape index (κ2) is 6.31. The maximum absolute atomic E-state index is 13.2. The van der Waals surface area contributed by atoms with E-state index in [4.69, 9.17) is 10.5 Å². The van der Waals surface area contributed by atoms with Gasteiger partial charge in [0.05, 0.1) is 4.88 Å².